The normalized spacial score (nSPS) is 12.4. The van der Waals surface area contributed by atoms with E-state index in [4.69, 9.17) is 35.8 Å². The van der Waals surface area contributed by atoms with Crippen LogP contribution in [-0.4, -0.2) is 96.1 Å². The predicted molar refractivity (Wildman–Crippen MR) is 260 cm³/mol. The van der Waals surface area contributed by atoms with E-state index in [1.54, 1.807) is 60.9 Å². The zero-order valence-electron chi connectivity index (χ0n) is 37.6. The Labute approximate surface area is 400 Å². The molecule has 22 heteroatoms. The summed E-state index contributed by atoms with van der Waals surface area (Å²) in [5, 5.41) is 41.9. The van der Waals surface area contributed by atoms with Gasteiger partial charge >= 0.3 is 11.9 Å². The molecule has 0 fully saturated rings. The molecule has 0 aliphatic heterocycles. The molecule has 70 heavy (non-hydrogen) atoms. The SMILES string of the molecule is C#CC[C@@H](Cc1cnc2nc(N)nc(N)c2n1)c1ccc(C(=O)N[C@@H](CCC(=C)O)C(=O)O)cc1.C#CC[C@H](Cc1cnc2nc(N)nc(N)c2n1)c1ccc(C(=O)N[C@@H](CCC(=C)O)C(=O)O)cc1. The quantitative estimate of drug-likeness (QED) is 0.0382. The van der Waals surface area contributed by atoms with Crippen molar-refractivity contribution in [2.75, 3.05) is 22.9 Å². The Kier molecular flexibility index (Phi) is 17.6. The molecule has 0 spiro atoms. The second-order valence-electron chi connectivity index (χ2n) is 15.8. The van der Waals surface area contributed by atoms with E-state index in [-0.39, 0.29) is 83.7 Å². The fourth-order valence-electron chi connectivity index (χ4n) is 7.00. The molecule has 14 N–H and O–H groups in total. The molecule has 2 aromatic carbocycles. The Morgan fingerprint density at radius 2 is 0.929 bits per heavy atom. The molecule has 360 valence electrons. The summed E-state index contributed by atoms with van der Waals surface area (Å²) < 4.78 is 0. The van der Waals surface area contributed by atoms with Gasteiger partial charge in [-0.25, -0.2) is 29.5 Å². The number of carbonyl (C=O) groups is 4. The van der Waals surface area contributed by atoms with Gasteiger partial charge in [0.2, 0.25) is 11.9 Å². The molecule has 0 bridgehead atoms. The maximum atomic E-state index is 12.5. The lowest BCUT2D eigenvalue weighted by Crippen LogP contribution is -2.40. The van der Waals surface area contributed by atoms with Gasteiger partial charge < -0.3 is 54.0 Å². The first kappa shape index (κ1) is 51.5. The molecular weight excluding hydrogens is 901 g/mol. The smallest absolute Gasteiger partial charge is 0.326 e. The zero-order chi connectivity index (χ0) is 51.1. The van der Waals surface area contributed by atoms with E-state index < -0.39 is 35.8 Å². The fraction of sp³-hybridized carbons (Fsp3) is 0.250. The van der Waals surface area contributed by atoms with Crippen LogP contribution in [0.5, 0.6) is 0 Å². The number of hydrogen-bond donors (Lipinski definition) is 10. The Bertz CT molecular complexity index is 2810. The van der Waals surface area contributed by atoms with Crippen LogP contribution in [0.2, 0.25) is 0 Å². The summed E-state index contributed by atoms with van der Waals surface area (Å²) in [5.41, 5.74) is 27.9. The number of carboxylic acids is 2. The van der Waals surface area contributed by atoms with E-state index in [1.807, 2.05) is 0 Å². The summed E-state index contributed by atoms with van der Waals surface area (Å²) in [6, 6.07) is 11.1. The van der Waals surface area contributed by atoms with E-state index in [0.29, 0.717) is 59.4 Å². The van der Waals surface area contributed by atoms with Crippen molar-refractivity contribution < 1.29 is 39.6 Å². The van der Waals surface area contributed by atoms with Crippen LogP contribution in [0.3, 0.4) is 0 Å². The highest BCUT2D eigenvalue weighted by Crippen LogP contribution is 2.27. The van der Waals surface area contributed by atoms with Crippen molar-refractivity contribution in [1.29, 1.82) is 0 Å². The Hall–Kier alpha value is -9.44. The number of amides is 2. The van der Waals surface area contributed by atoms with E-state index in [0.717, 1.165) is 11.1 Å². The van der Waals surface area contributed by atoms with Gasteiger partial charge in [0.25, 0.3) is 11.8 Å². The average Bonchev–Trinajstić information content (AvgIpc) is 3.31. The van der Waals surface area contributed by atoms with E-state index in [9.17, 15) is 39.6 Å². The topological polar surface area (TPSA) is 380 Å². The largest absolute Gasteiger partial charge is 0.513 e. The van der Waals surface area contributed by atoms with E-state index >= 15 is 0 Å². The molecule has 6 rings (SSSR count). The molecule has 4 heterocycles. The molecule has 22 nitrogen and oxygen atoms in total. The summed E-state index contributed by atoms with van der Waals surface area (Å²) in [4.78, 5) is 81.3. The molecule has 0 unspecified atom stereocenters. The maximum Gasteiger partial charge on any atom is 0.326 e. The summed E-state index contributed by atoms with van der Waals surface area (Å²) in [6.45, 7) is 6.66. The second kappa shape index (κ2) is 23.8. The van der Waals surface area contributed by atoms with Gasteiger partial charge in [-0.1, -0.05) is 37.4 Å². The van der Waals surface area contributed by atoms with E-state index in [1.165, 1.54) is 0 Å². The molecule has 0 radical (unpaired) electrons. The Morgan fingerprint density at radius 3 is 1.24 bits per heavy atom. The highest BCUT2D eigenvalue weighted by atomic mass is 16.4. The van der Waals surface area contributed by atoms with Crippen LogP contribution >= 0.6 is 0 Å². The van der Waals surface area contributed by atoms with Gasteiger partial charge in [-0.2, -0.15) is 19.9 Å². The first-order valence-corrected chi connectivity index (χ1v) is 21.3. The van der Waals surface area contributed by atoms with Crippen LogP contribution in [0, 0.1) is 24.7 Å². The number of aliphatic hydroxyl groups excluding tert-OH is 2. The highest BCUT2D eigenvalue weighted by molar-refractivity contribution is 5.97. The van der Waals surface area contributed by atoms with Gasteiger partial charge in [0.05, 0.1) is 35.3 Å². The number of terminal acetylenes is 2. The monoisotopic (exact) mass is 950 g/mol. The van der Waals surface area contributed by atoms with Crippen molar-refractivity contribution in [3.8, 4) is 24.7 Å². The number of fused-ring (bicyclic) bond motifs is 2. The van der Waals surface area contributed by atoms with Crippen molar-refractivity contribution in [3.63, 3.8) is 0 Å². The van der Waals surface area contributed by atoms with Crippen LogP contribution in [0.4, 0.5) is 23.5 Å². The van der Waals surface area contributed by atoms with Gasteiger partial charge in [0, 0.05) is 48.6 Å². The Balaban J connectivity index is 0.000000261. The number of nitrogens with zero attached hydrogens (tertiary/aromatic N) is 8. The zero-order valence-corrected chi connectivity index (χ0v) is 37.6. The number of aliphatic hydroxyl groups is 2. The third-order valence-electron chi connectivity index (χ3n) is 10.6. The number of hydrogen-bond acceptors (Lipinski definition) is 18. The number of nitrogens with two attached hydrogens (primary N) is 4. The average molecular weight is 951 g/mol. The lowest BCUT2D eigenvalue weighted by Gasteiger charge is -2.16. The number of nitrogens with one attached hydrogen (secondary N) is 2. The van der Waals surface area contributed by atoms with Gasteiger partial charge in [-0.15, -0.1) is 24.7 Å². The number of nitrogen functional groups attached to an aromatic ring is 4. The van der Waals surface area contributed by atoms with Crippen LogP contribution in [0.1, 0.15) is 93.6 Å². The van der Waals surface area contributed by atoms with Crippen molar-refractivity contribution in [1.82, 2.24) is 50.5 Å². The standard InChI is InChI=1S/2C24H25N7O4/c2*1-3-4-16(11-17-12-27-21-19(28-17)20(25)30-24(26)31-21)14-6-8-15(9-7-14)22(33)29-18(23(34)35)10-5-13(2)32/h2*1,6-9,12,16,18,32H,2,4-5,10-11H2,(H,29,33)(H,34,35)(H4,25,26,27,30,31)/t16-,18+;16-,18-/m10/s1. The Morgan fingerprint density at radius 1 is 0.571 bits per heavy atom. The minimum Gasteiger partial charge on any atom is -0.513 e. The fourth-order valence-corrected chi connectivity index (χ4v) is 7.00. The van der Waals surface area contributed by atoms with Crippen molar-refractivity contribution in [2.24, 2.45) is 0 Å². The molecule has 6 aromatic rings. The molecule has 2 amide bonds. The predicted octanol–water partition coefficient (Wildman–Crippen LogP) is 3.94. The van der Waals surface area contributed by atoms with Gasteiger partial charge in [0.1, 0.15) is 12.1 Å². The van der Waals surface area contributed by atoms with Crippen LogP contribution in [0.15, 0.2) is 85.6 Å². The van der Waals surface area contributed by atoms with Crippen molar-refractivity contribution in [3.05, 3.63) is 119 Å². The molecule has 0 aliphatic carbocycles. The van der Waals surface area contributed by atoms with Gasteiger partial charge in [-0.05, 0) is 61.1 Å². The number of allylic oxidation sites excluding steroid dienone is 2. The van der Waals surface area contributed by atoms with Crippen LogP contribution < -0.4 is 33.6 Å². The number of rotatable bonds is 20. The molecule has 4 atom stereocenters. The lowest BCUT2D eigenvalue weighted by molar-refractivity contribution is -0.140. The summed E-state index contributed by atoms with van der Waals surface area (Å²) in [5.74, 6) is 1.57. The van der Waals surface area contributed by atoms with Gasteiger partial charge in [0.15, 0.2) is 34.0 Å². The molecule has 0 aliphatic rings. The maximum absolute atomic E-state index is 12.5. The highest BCUT2D eigenvalue weighted by Gasteiger charge is 2.23. The van der Waals surface area contributed by atoms with Crippen molar-refractivity contribution in [2.45, 2.75) is 75.3 Å². The molecule has 0 saturated carbocycles. The van der Waals surface area contributed by atoms with E-state index in [2.05, 4.69) is 75.5 Å². The summed E-state index contributed by atoms with van der Waals surface area (Å²) >= 11 is 0. The van der Waals surface area contributed by atoms with Crippen molar-refractivity contribution >= 4 is 69.6 Å². The van der Waals surface area contributed by atoms with Gasteiger partial charge in [-0.3, -0.25) is 9.59 Å². The lowest BCUT2D eigenvalue weighted by atomic mass is 9.91. The van der Waals surface area contributed by atoms with Crippen LogP contribution in [0.25, 0.3) is 22.3 Å². The number of carboxylic acid groups (broad SMARTS) is 2. The first-order valence-electron chi connectivity index (χ1n) is 21.3. The minimum absolute atomic E-state index is 0.0138. The number of anilines is 4. The minimum atomic E-state index is -1.20. The number of aliphatic carboxylic acids is 2. The summed E-state index contributed by atoms with van der Waals surface area (Å²) in [7, 11) is 0. The summed E-state index contributed by atoms with van der Waals surface area (Å²) in [6.07, 6.45) is 16.2. The number of aromatic nitrogens is 8. The van der Waals surface area contributed by atoms with Crippen LogP contribution in [-0.2, 0) is 22.4 Å². The second-order valence-corrected chi connectivity index (χ2v) is 15.8. The molecule has 0 saturated heterocycles. The molecular formula is C48H50N14O8. The first-order chi connectivity index (χ1) is 33.3. The number of benzene rings is 2. The third-order valence-corrected chi connectivity index (χ3v) is 10.6. The number of carbonyl (C=O) groups excluding carboxylic acids is 2. The third kappa shape index (κ3) is 14.3. The molecule has 4 aromatic heterocycles.